The number of nitrogens with zero attached hydrogens (tertiary/aromatic N) is 2. The predicted molar refractivity (Wildman–Crippen MR) is 227 cm³/mol. The van der Waals surface area contributed by atoms with Crippen molar-refractivity contribution in [1.82, 2.24) is 4.57 Å². The van der Waals surface area contributed by atoms with Gasteiger partial charge >= 0.3 is 0 Å². The van der Waals surface area contributed by atoms with Crippen LogP contribution >= 0.6 is 11.3 Å². The van der Waals surface area contributed by atoms with E-state index in [4.69, 9.17) is 0 Å². The second kappa shape index (κ2) is 11.8. The van der Waals surface area contributed by atoms with Crippen LogP contribution in [0.3, 0.4) is 0 Å². The van der Waals surface area contributed by atoms with Gasteiger partial charge in [0.05, 0.1) is 12.6 Å². The van der Waals surface area contributed by atoms with Gasteiger partial charge in [-0.1, -0.05) is 121 Å². The minimum atomic E-state index is 0.0422. The standard InChI is InChI=1S/C49H47N2S/c1-28(2)38-25-33(49(6,7)8)26-39(29(3)4)46(38)51-47-35-17-13-11-15-32(35)19-22-42(47)50(9)48(51)40-27-41-44(24-30(40)5)52-43-23-21-36-34-16-12-10-14-31(34)18-20-37(36)45(41)43/h10-29H,1-9H3/q+1. The van der Waals surface area contributed by atoms with Gasteiger partial charge in [-0.05, 0) is 98.6 Å². The van der Waals surface area contributed by atoms with Gasteiger partial charge in [-0.25, -0.2) is 4.57 Å². The molecule has 0 atom stereocenters. The number of benzene rings is 7. The second-order valence-corrected chi connectivity index (χ2v) is 17.6. The molecule has 0 amide bonds. The van der Waals surface area contributed by atoms with Gasteiger partial charge in [-0.2, -0.15) is 4.57 Å². The van der Waals surface area contributed by atoms with Crippen LogP contribution in [0, 0.1) is 6.92 Å². The van der Waals surface area contributed by atoms with Crippen molar-refractivity contribution in [3.05, 3.63) is 131 Å². The lowest BCUT2D eigenvalue weighted by Crippen LogP contribution is -2.30. The molecule has 0 unspecified atom stereocenters. The summed E-state index contributed by atoms with van der Waals surface area (Å²) >= 11 is 1.91. The van der Waals surface area contributed by atoms with Crippen LogP contribution < -0.4 is 4.57 Å². The first-order valence-electron chi connectivity index (χ1n) is 18.8. The van der Waals surface area contributed by atoms with Gasteiger partial charge in [0, 0.05) is 36.7 Å². The lowest BCUT2D eigenvalue weighted by Gasteiger charge is -2.26. The Morgan fingerprint density at radius 2 is 1.23 bits per heavy atom. The molecule has 0 aliphatic heterocycles. The molecule has 0 saturated carbocycles. The van der Waals surface area contributed by atoms with E-state index in [9.17, 15) is 0 Å². The summed E-state index contributed by atoms with van der Waals surface area (Å²) in [6.45, 7) is 18.8. The number of imidazole rings is 1. The average molecular weight is 696 g/mol. The molecule has 0 aliphatic carbocycles. The molecule has 0 aliphatic rings. The van der Waals surface area contributed by atoms with Crippen molar-refractivity contribution in [2.24, 2.45) is 7.05 Å². The van der Waals surface area contributed by atoms with Crippen molar-refractivity contribution in [2.45, 2.75) is 72.6 Å². The van der Waals surface area contributed by atoms with E-state index in [1.54, 1.807) is 0 Å². The van der Waals surface area contributed by atoms with Crippen LogP contribution in [0.5, 0.6) is 0 Å². The number of aromatic nitrogens is 2. The van der Waals surface area contributed by atoms with E-state index in [0.717, 1.165) is 0 Å². The summed E-state index contributed by atoms with van der Waals surface area (Å²) in [7, 11) is 2.27. The first-order chi connectivity index (χ1) is 24.9. The summed E-state index contributed by atoms with van der Waals surface area (Å²) in [5, 5.41) is 10.5. The molecule has 9 aromatic rings. The Morgan fingerprint density at radius 1 is 0.615 bits per heavy atom. The van der Waals surface area contributed by atoms with Gasteiger partial charge in [-0.3, -0.25) is 0 Å². The lowest BCUT2D eigenvalue weighted by molar-refractivity contribution is -0.633. The molecule has 0 saturated heterocycles. The van der Waals surface area contributed by atoms with Gasteiger partial charge < -0.3 is 0 Å². The molecule has 3 heteroatoms. The summed E-state index contributed by atoms with van der Waals surface area (Å²) in [5.41, 5.74) is 10.7. The second-order valence-electron chi connectivity index (χ2n) is 16.5. The highest BCUT2D eigenvalue weighted by Crippen LogP contribution is 2.45. The van der Waals surface area contributed by atoms with Crippen LogP contribution in [0.25, 0.3) is 80.6 Å². The van der Waals surface area contributed by atoms with Gasteiger partial charge in [0.15, 0.2) is 11.0 Å². The molecule has 7 aromatic carbocycles. The van der Waals surface area contributed by atoms with E-state index in [1.807, 2.05) is 11.3 Å². The summed E-state index contributed by atoms with van der Waals surface area (Å²) < 4.78 is 7.80. The van der Waals surface area contributed by atoms with Crippen molar-refractivity contribution in [2.75, 3.05) is 0 Å². The van der Waals surface area contributed by atoms with E-state index in [1.165, 1.54) is 103 Å². The number of rotatable bonds is 4. The third-order valence-electron chi connectivity index (χ3n) is 11.4. The highest BCUT2D eigenvalue weighted by atomic mass is 32.1. The van der Waals surface area contributed by atoms with Gasteiger partial charge in [0.25, 0.3) is 5.82 Å². The van der Waals surface area contributed by atoms with Crippen LogP contribution in [0.4, 0.5) is 0 Å². The quantitative estimate of drug-likeness (QED) is 0.128. The Labute approximate surface area is 311 Å². The molecule has 52 heavy (non-hydrogen) atoms. The molecule has 2 heterocycles. The monoisotopic (exact) mass is 695 g/mol. The van der Waals surface area contributed by atoms with Crippen LogP contribution in [0.2, 0.25) is 0 Å². The Bertz CT molecular complexity index is 2880. The maximum Gasteiger partial charge on any atom is 0.295 e. The number of fused-ring (bicyclic) bond motifs is 10. The van der Waals surface area contributed by atoms with E-state index >= 15 is 0 Å². The summed E-state index contributed by atoms with van der Waals surface area (Å²) in [6.07, 6.45) is 0. The Hall–Kier alpha value is -4.99. The van der Waals surface area contributed by atoms with Crippen molar-refractivity contribution in [3.8, 4) is 17.1 Å². The van der Waals surface area contributed by atoms with Crippen LogP contribution in [-0.4, -0.2) is 4.57 Å². The largest absolute Gasteiger partial charge is 0.295 e. The minimum absolute atomic E-state index is 0.0422. The smallest absolute Gasteiger partial charge is 0.225 e. The Morgan fingerprint density at radius 3 is 1.90 bits per heavy atom. The van der Waals surface area contributed by atoms with Gasteiger partial charge in [0.2, 0.25) is 0 Å². The van der Waals surface area contributed by atoms with Gasteiger partial charge in [-0.15, -0.1) is 11.3 Å². The van der Waals surface area contributed by atoms with Crippen LogP contribution in [0.1, 0.15) is 82.6 Å². The average Bonchev–Trinajstić information content (AvgIpc) is 3.63. The first-order valence-corrected chi connectivity index (χ1v) is 19.6. The molecule has 2 nitrogen and oxygen atoms in total. The third-order valence-corrected chi connectivity index (χ3v) is 12.6. The third kappa shape index (κ3) is 4.85. The SMILES string of the molecule is Cc1cc2sc3ccc4c5ccccc5ccc4c3c2cc1-c1n(-c2c(C(C)C)cc(C(C)(C)C)cc2C(C)C)c2c3ccccc3ccc2[n+]1C. The minimum Gasteiger partial charge on any atom is -0.225 e. The fraction of sp³-hybridized carbons (Fsp3) is 0.245. The molecule has 0 radical (unpaired) electrons. The zero-order valence-corrected chi connectivity index (χ0v) is 32.7. The predicted octanol–water partition coefficient (Wildman–Crippen LogP) is 13.8. The molecule has 2 aromatic heterocycles. The molecule has 0 spiro atoms. The zero-order valence-electron chi connectivity index (χ0n) is 31.8. The highest BCUT2D eigenvalue weighted by molar-refractivity contribution is 7.26. The van der Waals surface area contributed by atoms with E-state index in [2.05, 4.69) is 181 Å². The van der Waals surface area contributed by atoms with E-state index in [-0.39, 0.29) is 5.41 Å². The topological polar surface area (TPSA) is 8.81 Å². The molecule has 0 bridgehead atoms. The van der Waals surface area contributed by atoms with Crippen molar-refractivity contribution in [3.63, 3.8) is 0 Å². The van der Waals surface area contributed by atoms with Crippen molar-refractivity contribution < 1.29 is 4.57 Å². The normalized spacial score (nSPS) is 12.7. The van der Waals surface area contributed by atoms with Crippen LogP contribution in [0.15, 0.2) is 109 Å². The maximum atomic E-state index is 2.66. The number of aryl methyl sites for hydroxylation is 2. The molecule has 0 N–H and O–H groups in total. The van der Waals surface area contributed by atoms with Crippen molar-refractivity contribution in [1.29, 1.82) is 0 Å². The lowest BCUT2D eigenvalue weighted by atomic mass is 9.81. The molecular weight excluding hydrogens is 649 g/mol. The fourth-order valence-corrected chi connectivity index (χ4v) is 9.84. The molecule has 9 rings (SSSR count). The summed E-state index contributed by atoms with van der Waals surface area (Å²) in [5.74, 6) is 1.90. The van der Waals surface area contributed by atoms with Crippen LogP contribution in [-0.2, 0) is 12.5 Å². The van der Waals surface area contributed by atoms with E-state index < -0.39 is 0 Å². The molecule has 0 fully saturated rings. The first kappa shape index (κ1) is 32.9. The maximum absolute atomic E-state index is 2.66. The summed E-state index contributed by atoms with van der Waals surface area (Å²) in [4.78, 5) is 0. The fourth-order valence-electron chi connectivity index (χ4n) is 8.64. The zero-order chi connectivity index (χ0) is 36.2. The summed E-state index contributed by atoms with van der Waals surface area (Å²) in [6, 6.07) is 41.6. The Kier molecular flexibility index (Phi) is 7.44. The molecular formula is C49H47N2S+. The molecule has 258 valence electrons. The van der Waals surface area contributed by atoms with Gasteiger partial charge in [0.1, 0.15) is 5.69 Å². The number of thiophene rings is 1. The van der Waals surface area contributed by atoms with Crippen molar-refractivity contribution >= 4 is 74.9 Å². The number of hydrogen-bond donors (Lipinski definition) is 0. The number of hydrogen-bond acceptors (Lipinski definition) is 1. The Balaban J connectivity index is 1.46. The van der Waals surface area contributed by atoms with E-state index in [0.29, 0.717) is 11.8 Å². The highest BCUT2D eigenvalue weighted by Gasteiger charge is 2.34.